The minimum atomic E-state index is -2.76. The number of hydrogen-bond donors (Lipinski definition) is 5. The third-order valence-corrected chi connectivity index (χ3v) is 5.44. The van der Waals surface area contributed by atoms with Gasteiger partial charge in [0.15, 0.2) is 0 Å². The molecule has 0 aromatic rings. The van der Waals surface area contributed by atoms with Gasteiger partial charge in [-0.3, -0.25) is 0 Å². The number of hydrogen-bond acceptors (Lipinski definition) is 6. The van der Waals surface area contributed by atoms with E-state index in [1.54, 1.807) is 13.8 Å². The van der Waals surface area contributed by atoms with Gasteiger partial charge in [-0.25, -0.2) is 13.2 Å². The van der Waals surface area contributed by atoms with E-state index in [4.69, 9.17) is 4.74 Å². The van der Waals surface area contributed by atoms with Crippen molar-refractivity contribution in [3.63, 3.8) is 0 Å². The number of aliphatic hydroxyl groups is 3. The Hall–Kier alpha value is -0.450. The fourth-order valence-electron chi connectivity index (χ4n) is 3.92. The van der Waals surface area contributed by atoms with Crippen LogP contribution in [0.2, 0.25) is 0 Å². The van der Waals surface area contributed by atoms with Gasteiger partial charge in [-0.15, -0.1) is 0 Å². The number of rotatable bonds is 6. The van der Waals surface area contributed by atoms with Crippen LogP contribution in [0.3, 0.4) is 0 Å². The summed E-state index contributed by atoms with van der Waals surface area (Å²) in [7, 11) is 0. The third kappa shape index (κ3) is 4.45. The van der Waals surface area contributed by atoms with Gasteiger partial charge in [0.1, 0.15) is 0 Å². The van der Waals surface area contributed by atoms with Crippen LogP contribution in [0.5, 0.6) is 0 Å². The molecule has 5 N–H and O–H groups in total. The topological polar surface area (TPSA) is 94.0 Å². The summed E-state index contributed by atoms with van der Waals surface area (Å²) in [5.74, 6) is -2.40. The first kappa shape index (κ1) is 20.9. The highest BCUT2D eigenvalue weighted by molar-refractivity contribution is 4.96. The fourth-order valence-corrected chi connectivity index (χ4v) is 3.92. The first-order valence-electron chi connectivity index (χ1n) is 8.90. The molecule has 0 spiro atoms. The number of aliphatic hydroxyl groups excluding tert-OH is 3. The predicted octanol–water partition coefficient (Wildman–Crippen LogP) is 0.0110. The van der Waals surface area contributed by atoms with E-state index >= 15 is 0 Å². The second-order valence-electron chi connectivity index (χ2n) is 6.91. The molecule has 0 saturated carbocycles. The normalized spacial score (nSPS) is 44.0. The standard InChI is InChI=1S/C16H29F3N2O4/c1-3-7-11(15(17)18)14(24)10(6-21-7)25-16(19)12-8(4-2)20-5-9(22)13(12)23/h7-16,20-24H,3-6H2,1-2H3/t7-,8+,9+,10+,11-,12-,13-,14-,16?/m0/s1. The summed E-state index contributed by atoms with van der Waals surface area (Å²) in [6, 6.07) is -0.989. The summed E-state index contributed by atoms with van der Waals surface area (Å²) in [5.41, 5.74) is 0. The Kier molecular flexibility index (Phi) is 7.48. The van der Waals surface area contributed by atoms with Crippen molar-refractivity contribution in [3.05, 3.63) is 0 Å². The second-order valence-corrected chi connectivity index (χ2v) is 6.91. The molecular weight excluding hydrogens is 341 g/mol. The summed E-state index contributed by atoms with van der Waals surface area (Å²) in [6.45, 7) is 3.72. The molecule has 0 aliphatic carbocycles. The lowest BCUT2D eigenvalue weighted by Crippen LogP contribution is -2.62. The van der Waals surface area contributed by atoms with Crippen LogP contribution in [0.1, 0.15) is 26.7 Å². The number of β-amino-alcohol motifs (C(OH)–C–C–N with tert-alkyl or cyclic N) is 1. The maximum absolute atomic E-state index is 14.8. The maximum Gasteiger partial charge on any atom is 0.245 e. The van der Waals surface area contributed by atoms with Crippen LogP contribution in [0.4, 0.5) is 13.2 Å². The van der Waals surface area contributed by atoms with E-state index in [1.165, 1.54) is 0 Å². The van der Waals surface area contributed by atoms with Crippen molar-refractivity contribution < 1.29 is 33.2 Å². The van der Waals surface area contributed by atoms with Gasteiger partial charge in [0.25, 0.3) is 0 Å². The van der Waals surface area contributed by atoms with Gasteiger partial charge < -0.3 is 30.7 Å². The molecule has 9 atom stereocenters. The summed E-state index contributed by atoms with van der Waals surface area (Å²) in [5, 5.41) is 35.9. The van der Waals surface area contributed by atoms with Crippen LogP contribution < -0.4 is 10.6 Å². The van der Waals surface area contributed by atoms with E-state index in [-0.39, 0.29) is 13.1 Å². The molecule has 6 nitrogen and oxygen atoms in total. The van der Waals surface area contributed by atoms with Gasteiger partial charge in [-0.1, -0.05) is 13.8 Å². The molecule has 2 fully saturated rings. The zero-order valence-corrected chi connectivity index (χ0v) is 14.5. The Morgan fingerprint density at radius 1 is 0.920 bits per heavy atom. The van der Waals surface area contributed by atoms with Crippen LogP contribution >= 0.6 is 0 Å². The monoisotopic (exact) mass is 370 g/mol. The van der Waals surface area contributed by atoms with Crippen molar-refractivity contribution >= 4 is 0 Å². The SMILES string of the molecule is CC[C@@H]1NC[C@@H](OC(F)[C@@H]2[C@@H](O)[C@H](O)CN[C@@H]2CC)[C@H](O)[C@H]1C(F)F. The number of piperidine rings is 2. The Morgan fingerprint density at radius 2 is 1.48 bits per heavy atom. The number of alkyl halides is 3. The molecule has 9 heteroatoms. The van der Waals surface area contributed by atoms with Crippen LogP contribution in [0.25, 0.3) is 0 Å². The smallest absolute Gasteiger partial charge is 0.245 e. The lowest BCUT2D eigenvalue weighted by molar-refractivity contribution is -0.211. The lowest BCUT2D eigenvalue weighted by Gasteiger charge is -2.44. The molecule has 0 radical (unpaired) electrons. The summed E-state index contributed by atoms with van der Waals surface area (Å²) < 4.78 is 46.5. The first-order chi connectivity index (χ1) is 11.8. The Balaban J connectivity index is 2.06. The molecule has 0 aromatic carbocycles. The van der Waals surface area contributed by atoms with E-state index in [1.807, 2.05) is 0 Å². The zero-order valence-electron chi connectivity index (χ0n) is 14.5. The van der Waals surface area contributed by atoms with Gasteiger partial charge in [0.2, 0.25) is 12.8 Å². The molecule has 2 aliphatic heterocycles. The Labute approximate surface area is 145 Å². The minimum Gasteiger partial charge on any atom is -0.390 e. The number of halogens is 3. The Morgan fingerprint density at radius 3 is 2.04 bits per heavy atom. The van der Waals surface area contributed by atoms with Gasteiger partial charge >= 0.3 is 0 Å². The van der Waals surface area contributed by atoms with Crippen molar-refractivity contribution in [2.24, 2.45) is 11.8 Å². The lowest BCUT2D eigenvalue weighted by atomic mass is 9.84. The average molecular weight is 370 g/mol. The first-order valence-corrected chi connectivity index (χ1v) is 8.90. The van der Waals surface area contributed by atoms with Crippen molar-refractivity contribution in [1.29, 1.82) is 0 Å². The van der Waals surface area contributed by atoms with E-state index in [0.717, 1.165) is 0 Å². The molecule has 25 heavy (non-hydrogen) atoms. The summed E-state index contributed by atoms with van der Waals surface area (Å²) in [6.07, 6.45) is -8.98. The quantitative estimate of drug-likeness (QED) is 0.452. The Bertz CT molecular complexity index is 419. The van der Waals surface area contributed by atoms with Gasteiger partial charge in [-0.2, -0.15) is 0 Å². The van der Waals surface area contributed by atoms with Crippen molar-refractivity contribution in [3.8, 4) is 0 Å². The van der Waals surface area contributed by atoms with Gasteiger partial charge in [0.05, 0.1) is 36.3 Å². The van der Waals surface area contributed by atoms with E-state index in [9.17, 15) is 28.5 Å². The summed E-state index contributed by atoms with van der Waals surface area (Å²) in [4.78, 5) is 0. The molecule has 0 bridgehead atoms. The molecule has 1 unspecified atom stereocenters. The van der Waals surface area contributed by atoms with Crippen molar-refractivity contribution in [1.82, 2.24) is 10.6 Å². The van der Waals surface area contributed by atoms with Gasteiger partial charge in [-0.05, 0) is 12.8 Å². The molecule has 0 aromatic heterocycles. The molecule has 2 rings (SSSR count). The van der Waals surface area contributed by atoms with Gasteiger partial charge in [0, 0.05) is 25.2 Å². The molecular formula is C16H29F3N2O4. The second kappa shape index (κ2) is 8.96. The fraction of sp³-hybridized carbons (Fsp3) is 1.00. The van der Waals surface area contributed by atoms with Crippen molar-refractivity contribution in [2.45, 2.75) is 76.0 Å². The van der Waals surface area contributed by atoms with E-state index in [2.05, 4.69) is 10.6 Å². The third-order valence-electron chi connectivity index (χ3n) is 5.44. The molecule has 148 valence electrons. The van der Waals surface area contributed by atoms with Crippen molar-refractivity contribution in [2.75, 3.05) is 13.1 Å². The van der Waals surface area contributed by atoms with E-state index in [0.29, 0.717) is 12.8 Å². The maximum atomic E-state index is 14.8. The highest BCUT2D eigenvalue weighted by Gasteiger charge is 2.47. The van der Waals surface area contributed by atoms with E-state index < -0.39 is 61.1 Å². The van der Waals surface area contributed by atoms with Crippen LogP contribution in [-0.4, -0.2) is 77.7 Å². The molecule has 2 saturated heterocycles. The highest BCUT2D eigenvalue weighted by Crippen LogP contribution is 2.31. The average Bonchev–Trinajstić information content (AvgIpc) is 2.58. The highest BCUT2D eigenvalue weighted by atomic mass is 19.3. The summed E-state index contributed by atoms with van der Waals surface area (Å²) >= 11 is 0. The van der Waals surface area contributed by atoms with Crippen LogP contribution in [-0.2, 0) is 4.74 Å². The molecule has 2 aliphatic rings. The predicted molar refractivity (Wildman–Crippen MR) is 84.9 cm³/mol. The number of nitrogens with one attached hydrogen (secondary N) is 2. The minimum absolute atomic E-state index is 0.0406. The largest absolute Gasteiger partial charge is 0.390 e. The van der Waals surface area contributed by atoms with Crippen LogP contribution in [0, 0.1) is 11.8 Å². The number of ether oxygens (including phenoxy) is 1. The molecule has 2 heterocycles. The zero-order chi connectivity index (χ0) is 18.7. The van der Waals surface area contributed by atoms with Crippen LogP contribution in [0.15, 0.2) is 0 Å². The molecule has 0 amide bonds.